The monoisotopic (exact) mass is 303 g/mol. The number of hydrogen-bond acceptors (Lipinski definition) is 4. The Kier molecular flexibility index (Phi) is 6.31. The van der Waals surface area contributed by atoms with Crippen molar-refractivity contribution in [2.45, 2.75) is 19.9 Å². The predicted octanol–water partition coefficient (Wildman–Crippen LogP) is 2.37. The number of ether oxygens (including phenoxy) is 1. The molecular weight excluding hydrogens is 286 g/mol. The maximum Gasteiger partial charge on any atom is 0.328 e. The summed E-state index contributed by atoms with van der Waals surface area (Å²) in [4.78, 5) is 11.7. The summed E-state index contributed by atoms with van der Waals surface area (Å²) < 4.78 is 15.9. The normalized spacial score (nSPS) is 13.7. The number of esters is 1. The fraction of sp³-hybridized carbons (Fsp3) is 0.462. The van der Waals surface area contributed by atoms with Crippen LogP contribution in [0.25, 0.3) is 0 Å². The fourth-order valence-electron chi connectivity index (χ4n) is 1.47. The number of nitrogens with one attached hydrogen (secondary N) is 1. The summed E-state index contributed by atoms with van der Waals surface area (Å²) >= 11 is 6.07. The second kappa shape index (κ2) is 7.50. The van der Waals surface area contributed by atoms with Gasteiger partial charge in [-0.3, -0.25) is 4.21 Å². The zero-order valence-electron chi connectivity index (χ0n) is 11.2. The molecule has 0 bridgehead atoms. The molecule has 19 heavy (non-hydrogen) atoms. The minimum absolute atomic E-state index is 0.162. The third kappa shape index (κ3) is 5.20. The lowest BCUT2D eigenvalue weighted by Crippen LogP contribution is -2.29. The molecule has 0 spiro atoms. The third-order valence-corrected chi connectivity index (χ3v) is 3.61. The number of rotatable bonds is 6. The van der Waals surface area contributed by atoms with Gasteiger partial charge in [0.25, 0.3) is 0 Å². The van der Waals surface area contributed by atoms with Crippen molar-refractivity contribution in [2.24, 2.45) is 0 Å². The van der Waals surface area contributed by atoms with E-state index in [0.717, 1.165) is 11.3 Å². The van der Waals surface area contributed by atoms with Crippen LogP contribution in [0.1, 0.15) is 12.5 Å². The molecule has 6 heteroatoms. The molecule has 0 aliphatic carbocycles. The summed E-state index contributed by atoms with van der Waals surface area (Å²) in [6.07, 6.45) is 1.57. The maximum absolute atomic E-state index is 11.7. The molecule has 1 aromatic carbocycles. The Morgan fingerprint density at radius 1 is 1.53 bits per heavy atom. The Hall–Kier alpha value is -1.07. The first-order chi connectivity index (χ1) is 8.91. The van der Waals surface area contributed by atoms with Crippen LogP contribution in [0.15, 0.2) is 18.2 Å². The summed E-state index contributed by atoms with van der Waals surface area (Å²) in [5.74, 6) is -0.0337. The molecule has 1 rings (SSSR count). The van der Waals surface area contributed by atoms with Crippen molar-refractivity contribution < 1.29 is 13.7 Å². The van der Waals surface area contributed by atoms with E-state index >= 15 is 0 Å². The lowest BCUT2D eigenvalue weighted by Gasteiger charge is -2.17. The van der Waals surface area contributed by atoms with Gasteiger partial charge in [0.05, 0.1) is 16.5 Å². The Morgan fingerprint density at radius 2 is 2.21 bits per heavy atom. The molecular formula is C13H18ClNO3S. The van der Waals surface area contributed by atoms with E-state index in [9.17, 15) is 9.00 Å². The summed E-state index contributed by atoms with van der Waals surface area (Å²) in [5.41, 5.74) is 1.69. The lowest BCUT2D eigenvalue weighted by atomic mass is 10.2. The number of aryl methyl sites for hydroxylation is 1. The van der Waals surface area contributed by atoms with Crippen molar-refractivity contribution in [3.63, 3.8) is 0 Å². The van der Waals surface area contributed by atoms with E-state index in [-0.39, 0.29) is 12.6 Å². The number of carbonyl (C=O) groups is 1. The number of anilines is 1. The van der Waals surface area contributed by atoms with E-state index in [4.69, 9.17) is 16.3 Å². The quantitative estimate of drug-likeness (QED) is 0.820. The minimum Gasteiger partial charge on any atom is -0.463 e. The molecule has 2 atom stereocenters. The standard InChI is InChI=1S/C13H18ClNO3S/c1-9-5-4-6-11(14)12(9)15-10(2)13(16)18-7-8-19(3)17/h4-6,10,15H,7-8H2,1-3H3/t10-,19?/m0/s1. The fourth-order valence-corrected chi connectivity index (χ4v) is 2.07. The molecule has 1 N–H and O–H groups in total. The van der Waals surface area contributed by atoms with Crippen LogP contribution in [-0.4, -0.2) is 34.8 Å². The molecule has 0 aromatic heterocycles. The van der Waals surface area contributed by atoms with Crippen LogP contribution in [0.3, 0.4) is 0 Å². The molecule has 0 aliphatic heterocycles. The van der Waals surface area contributed by atoms with Crippen LogP contribution in [0, 0.1) is 6.92 Å². The zero-order valence-corrected chi connectivity index (χ0v) is 12.8. The van der Waals surface area contributed by atoms with Gasteiger partial charge in [-0.1, -0.05) is 23.7 Å². The highest BCUT2D eigenvalue weighted by Crippen LogP contribution is 2.25. The largest absolute Gasteiger partial charge is 0.463 e. The van der Waals surface area contributed by atoms with E-state index in [1.54, 1.807) is 19.2 Å². The highest BCUT2D eigenvalue weighted by molar-refractivity contribution is 7.84. The van der Waals surface area contributed by atoms with Crippen molar-refractivity contribution in [1.82, 2.24) is 0 Å². The van der Waals surface area contributed by atoms with Crippen molar-refractivity contribution in [3.05, 3.63) is 28.8 Å². The lowest BCUT2D eigenvalue weighted by molar-refractivity contribution is -0.143. The second-order valence-corrected chi connectivity index (χ2v) is 6.20. The number of para-hydroxylation sites is 1. The van der Waals surface area contributed by atoms with E-state index < -0.39 is 16.8 Å². The van der Waals surface area contributed by atoms with Crippen LogP contribution in [0.5, 0.6) is 0 Å². The molecule has 0 aliphatic rings. The Labute approximate surface area is 120 Å². The summed E-state index contributed by atoms with van der Waals surface area (Å²) in [7, 11) is -0.959. The van der Waals surface area contributed by atoms with Gasteiger partial charge in [-0.2, -0.15) is 0 Å². The van der Waals surface area contributed by atoms with Gasteiger partial charge in [-0.15, -0.1) is 0 Å². The van der Waals surface area contributed by atoms with Crippen molar-refractivity contribution in [3.8, 4) is 0 Å². The predicted molar refractivity (Wildman–Crippen MR) is 79.2 cm³/mol. The van der Waals surface area contributed by atoms with Gasteiger partial charge in [-0.05, 0) is 25.5 Å². The average molecular weight is 304 g/mol. The molecule has 0 saturated carbocycles. The molecule has 4 nitrogen and oxygen atoms in total. The topological polar surface area (TPSA) is 55.4 Å². The molecule has 0 saturated heterocycles. The van der Waals surface area contributed by atoms with Crippen LogP contribution < -0.4 is 5.32 Å². The molecule has 106 valence electrons. The highest BCUT2D eigenvalue weighted by Gasteiger charge is 2.16. The third-order valence-electron chi connectivity index (χ3n) is 2.55. The molecule has 0 radical (unpaired) electrons. The van der Waals surface area contributed by atoms with E-state index in [1.807, 2.05) is 19.1 Å². The minimum atomic E-state index is -0.959. The van der Waals surface area contributed by atoms with Crippen LogP contribution >= 0.6 is 11.6 Å². The first-order valence-electron chi connectivity index (χ1n) is 5.90. The van der Waals surface area contributed by atoms with Gasteiger partial charge in [0.15, 0.2) is 0 Å². The highest BCUT2D eigenvalue weighted by atomic mass is 35.5. The summed E-state index contributed by atoms with van der Waals surface area (Å²) in [6, 6.07) is 5.01. The molecule has 1 unspecified atom stereocenters. The maximum atomic E-state index is 11.7. The Balaban J connectivity index is 2.56. The van der Waals surface area contributed by atoms with Crippen LogP contribution in [0.4, 0.5) is 5.69 Å². The average Bonchev–Trinajstić information content (AvgIpc) is 2.33. The van der Waals surface area contributed by atoms with E-state index in [1.165, 1.54) is 0 Å². The number of hydrogen-bond donors (Lipinski definition) is 1. The molecule has 1 aromatic rings. The van der Waals surface area contributed by atoms with Gasteiger partial charge in [-0.25, -0.2) is 4.79 Å². The SMILES string of the molecule is Cc1cccc(Cl)c1N[C@@H](C)C(=O)OCCS(C)=O. The van der Waals surface area contributed by atoms with Crippen molar-refractivity contribution in [1.29, 1.82) is 0 Å². The molecule has 0 heterocycles. The van der Waals surface area contributed by atoms with Crippen molar-refractivity contribution in [2.75, 3.05) is 23.9 Å². The van der Waals surface area contributed by atoms with E-state index in [2.05, 4.69) is 5.32 Å². The van der Waals surface area contributed by atoms with Gasteiger partial charge in [0, 0.05) is 17.1 Å². The molecule has 0 amide bonds. The van der Waals surface area contributed by atoms with Crippen molar-refractivity contribution >= 4 is 34.1 Å². The smallest absolute Gasteiger partial charge is 0.328 e. The molecule has 0 fully saturated rings. The van der Waals surface area contributed by atoms with Gasteiger partial charge in [0.1, 0.15) is 12.6 Å². The van der Waals surface area contributed by atoms with Gasteiger partial charge in [0.2, 0.25) is 0 Å². The first-order valence-corrected chi connectivity index (χ1v) is 8.00. The van der Waals surface area contributed by atoms with Gasteiger partial charge >= 0.3 is 5.97 Å². The van der Waals surface area contributed by atoms with Crippen LogP contribution in [0.2, 0.25) is 5.02 Å². The summed E-state index contributed by atoms with van der Waals surface area (Å²) in [5, 5.41) is 3.60. The number of benzene rings is 1. The number of carbonyl (C=O) groups excluding carboxylic acids is 1. The Bertz CT molecular complexity index is 459. The van der Waals surface area contributed by atoms with E-state index in [0.29, 0.717) is 10.8 Å². The second-order valence-electron chi connectivity index (χ2n) is 4.24. The van der Waals surface area contributed by atoms with Gasteiger partial charge < -0.3 is 10.1 Å². The zero-order chi connectivity index (χ0) is 14.4. The van der Waals surface area contributed by atoms with Crippen LogP contribution in [-0.2, 0) is 20.3 Å². The Morgan fingerprint density at radius 3 is 2.79 bits per heavy atom. The first kappa shape index (κ1) is 16.0. The number of halogens is 1. The summed E-state index contributed by atoms with van der Waals surface area (Å²) in [6.45, 7) is 3.77.